The van der Waals surface area contributed by atoms with Gasteiger partial charge in [0.1, 0.15) is 12.4 Å². The molecule has 0 bridgehead atoms. The van der Waals surface area contributed by atoms with Crippen LogP contribution in [0.2, 0.25) is 10.0 Å². The molecule has 2 nitrogen and oxygen atoms in total. The van der Waals surface area contributed by atoms with Gasteiger partial charge < -0.3 is 10.1 Å². The van der Waals surface area contributed by atoms with E-state index >= 15 is 0 Å². The van der Waals surface area contributed by atoms with Gasteiger partial charge in [0.25, 0.3) is 0 Å². The third-order valence-electron chi connectivity index (χ3n) is 3.84. The molecule has 0 saturated heterocycles. The summed E-state index contributed by atoms with van der Waals surface area (Å²) in [4.78, 5) is 0. The van der Waals surface area contributed by atoms with Crippen molar-refractivity contribution in [1.82, 2.24) is 0 Å². The van der Waals surface area contributed by atoms with E-state index in [1.807, 2.05) is 30.3 Å². The van der Waals surface area contributed by atoms with E-state index in [2.05, 4.69) is 42.6 Å². The molecule has 128 valence electrons. The molecular weight excluding hydrogens is 353 g/mol. The van der Waals surface area contributed by atoms with E-state index in [9.17, 15) is 0 Å². The van der Waals surface area contributed by atoms with Crippen LogP contribution < -0.4 is 10.1 Å². The van der Waals surface area contributed by atoms with Crippen LogP contribution in [0.1, 0.15) is 16.7 Å². The Bertz CT molecular complexity index is 847. The quantitative estimate of drug-likeness (QED) is 0.534. The van der Waals surface area contributed by atoms with E-state index in [4.69, 9.17) is 27.9 Å². The van der Waals surface area contributed by atoms with Crippen LogP contribution in [0.25, 0.3) is 0 Å². The van der Waals surface area contributed by atoms with Gasteiger partial charge in [0.15, 0.2) is 0 Å². The predicted octanol–water partition coefficient (Wildman–Crippen LogP) is 6.49. The lowest BCUT2D eigenvalue weighted by atomic mass is 10.1. The van der Waals surface area contributed by atoms with Gasteiger partial charge >= 0.3 is 0 Å². The van der Waals surface area contributed by atoms with Gasteiger partial charge in [-0.1, -0.05) is 65.2 Å². The molecule has 0 heterocycles. The summed E-state index contributed by atoms with van der Waals surface area (Å²) >= 11 is 12.0. The first-order chi connectivity index (χ1) is 12.1. The Labute approximate surface area is 158 Å². The third kappa shape index (κ3) is 5.15. The topological polar surface area (TPSA) is 21.3 Å². The summed E-state index contributed by atoms with van der Waals surface area (Å²) in [6.45, 7) is 3.32. The summed E-state index contributed by atoms with van der Waals surface area (Å²) in [6, 6.07) is 21.9. The highest BCUT2D eigenvalue weighted by Gasteiger charge is 2.01. The van der Waals surface area contributed by atoms with Gasteiger partial charge in [-0.15, -0.1) is 0 Å². The van der Waals surface area contributed by atoms with Crippen LogP contribution >= 0.6 is 23.2 Å². The maximum Gasteiger partial charge on any atom is 0.120 e. The first-order valence-corrected chi connectivity index (χ1v) is 8.82. The number of hydrogen-bond donors (Lipinski definition) is 1. The zero-order chi connectivity index (χ0) is 17.6. The van der Waals surface area contributed by atoms with Crippen LogP contribution in [-0.4, -0.2) is 0 Å². The van der Waals surface area contributed by atoms with E-state index < -0.39 is 0 Å². The molecule has 3 aromatic carbocycles. The van der Waals surface area contributed by atoms with E-state index in [0.717, 1.165) is 22.6 Å². The zero-order valence-electron chi connectivity index (χ0n) is 13.9. The highest BCUT2D eigenvalue weighted by molar-refractivity contribution is 6.42. The molecule has 0 aliphatic heterocycles. The van der Waals surface area contributed by atoms with Crippen molar-refractivity contribution < 1.29 is 4.74 Å². The van der Waals surface area contributed by atoms with Gasteiger partial charge in [-0.05, 0) is 48.4 Å². The van der Waals surface area contributed by atoms with Gasteiger partial charge in [0.05, 0.1) is 10.0 Å². The Kier molecular flexibility index (Phi) is 5.85. The first kappa shape index (κ1) is 17.7. The minimum atomic E-state index is 0.543. The fraction of sp³-hybridized carbons (Fsp3) is 0.143. The molecule has 0 amide bonds. The lowest BCUT2D eigenvalue weighted by molar-refractivity contribution is 0.306. The molecule has 3 aromatic rings. The largest absolute Gasteiger partial charge is 0.489 e. The Hall–Kier alpha value is -2.16. The Morgan fingerprint density at radius 2 is 1.64 bits per heavy atom. The molecule has 0 fully saturated rings. The summed E-state index contributed by atoms with van der Waals surface area (Å²) in [6.07, 6.45) is 0. The fourth-order valence-electron chi connectivity index (χ4n) is 2.41. The average Bonchev–Trinajstić information content (AvgIpc) is 2.63. The first-order valence-electron chi connectivity index (χ1n) is 8.06. The van der Waals surface area contributed by atoms with Crippen molar-refractivity contribution in [3.63, 3.8) is 0 Å². The van der Waals surface area contributed by atoms with Crippen LogP contribution in [-0.2, 0) is 13.2 Å². The second-order valence-corrected chi connectivity index (χ2v) is 6.72. The lowest BCUT2D eigenvalue weighted by Gasteiger charge is -2.10. The third-order valence-corrected chi connectivity index (χ3v) is 4.58. The van der Waals surface area contributed by atoms with Crippen LogP contribution in [0, 0.1) is 6.92 Å². The summed E-state index contributed by atoms with van der Waals surface area (Å²) in [5, 5.41) is 4.44. The van der Waals surface area contributed by atoms with Gasteiger partial charge in [0.2, 0.25) is 0 Å². The SMILES string of the molecule is Cc1ccc(COc2cccc(CNc3ccc(Cl)c(Cl)c3)c2)cc1. The number of ether oxygens (including phenoxy) is 1. The van der Waals surface area contributed by atoms with E-state index in [1.54, 1.807) is 6.07 Å². The minimum absolute atomic E-state index is 0.543. The molecule has 0 radical (unpaired) electrons. The number of nitrogens with one attached hydrogen (secondary N) is 1. The van der Waals surface area contributed by atoms with Crippen LogP contribution in [0.15, 0.2) is 66.7 Å². The maximum atomic E-state index is 6.04. The fourth-order valence-corrected chi connectivity index (χ4v) is 2.70. The number of halogens is 2. The summed E-state index contributed by atoms with van der Waals surface area (Å²) < 4.78 is 5.89. The van der Waals surface area contributed by atoms with E-state index in [-0.39, 0.29) is 0 Å². The molecule has 0 aliphatic rings. The molecule has 25 heavy (non-hydrogen) atoms. The van der Waals surface area contributed by atoms with Crippen molar-refractivity contribution in [2.75, 3.05) is 5.32 Å². The minimum Gasteiger partial charge on any atom is -0.489 e. The Morgan fingerprint density at radius 1 is 0.840 bits per heavy atom. The molecule has 0 spiro atoms. The molecule has 0 atom stereocenters. The highest BCUT2D eigenvalue weighted by Crippen LogP contribution is 2.25. The number of aryl methyl sites for hydroxylation is 1. The monoisotopic (exact) mass is 371 g/mol. The second-order valence-electron chi connectivity index (χ2n) is 5.90. The Morgan fingerprint density at radius 3 is 2.40 bits per heavy atom. The second kappa shape index (κ2) is 8.28. The predicted molar refractivity (Wildman–Crippen MR) is 106 cm³/mol. The molecule has 1 N–H and O–H groups in total. The van der Waals surface area contributed by atoms with Crippen LogP contribution in [0.4, 0.5) is 5.69 Å². The normalized spacial score (nSPS) is 10.5. The van der Waals surface area contributed by atoms with Gasteiger partial charge in [0, 0.05) is 12.2 Å². The maximum absolute atomic E-state index is 6.04. The number of rotatable bonds is 6. The summed E-state index contributed by atoms with van der Waals surface area (Å²) in [5.41, 5.74) is 4.47. The summed E-state index contributed by atoms with van der Waals surface area (Å²) in [5.74, 6) is 0.856. The van der Waals surface area contributed by atoms with Crippen molar-refractivity contribution >= 4 is 28.9 Å². The van der Waals surface area contributed by atoms with Gasteiger partial charge in [-0.3, -0.25) is 0 Å². The molecule has 0 aromatic heterocycles. The van der Waals surface area contributed by atoms with Crippen molar-refractivity contribution in [3.8, 4) is 5.75 Å². The highest BCUT2D eigenvalue weighted by atomic mass is 35.5. The lowest BCUT2D eigenvalue weighted by Crippen LogP contribution is -2.00. The van der Waals surface area contributed by atoms with E-state index in [0.29, 0.717) is 23.2 Å². The smallest absolute Gasteiger partial charge is 0.120 e. The summed E-state index contributed by atoms with van der Waals surface area (Å²) in [7, 11) is 0. The standard InChI is InChI=1S/C21H19Cl2NO/c1-15-5-7-16(8-6-15)14-25-19-4-2-3-17(11-19)13-24-18-9-10-20(22)21(23)12-18/h2-12,24H,13-14H2,1H3. The van der Waals surface area contributed by atoms with Crippen molar-refractivity contribution in [3.05, 3.63) is 93.5 Å². The molecule has 3 rings (SSSR count). The van der Waals surface area contributed by atoms with E-state index in [1.165, 1.54) is 5.56 Å². The Balaban J connectivity index is 1.59. The molecule has 0 saturated carbocycles. The van der Waals surface area contributed by atoms with Gasteiger partial charge in [-0.25, -0.2) is 0 Å². The molecule has 0 aliphatic carbocycles. The zero-order valence-corrected chi connectivity index (χ0v) is 15.4. The van der Waals surface area contributed by atoms with Gasteiger partial charge in [-0.2, -0.15) is 0 Å². The number of benzene rings is 3. The van der Waals surface area contributed by atoms with Crippen LogP contribution in [0.3, 0.4) is 0 Å². The van der Waals surface area contributed by atoms with Crippen LogP contribution in [0.5, 0.6) is 5.75 Å². The van der Waals surface area contributed by atoms with Crippen molar-refractivity contribution in [2.45, 2.75) is 20.1 Å². The van der Waals surface area contributed by atoms with Crippen molar-refractivity contribution in [2.24, 2.45) is 0 Å². The number of hydrogen-bond acceptors (Lipinski definition) is 2. The molecular formula is C21H19Cl2NO. The number of anilines is 1. The molecule has 4 heteroatoms. The molecule has 0 unspecified atom stereocenters. The van der Waals surface area contributed by atoms with Crippen molar-refractivity contribution in [1.29, 1.82) is 0 Å². The average molecular weight is 372 g/mol.